The Hall–Kier alpha value is -4.37. The highest BCUT2D eigenvalue weighted by atomic mass is 32.1. The van der Waals surface area contributed by atoms with Gasteiger partial charge >= 0.3 is 0 Å². The Kier molecular flexibility index (Phi) is 27.0. The summed E-state index contributed by atoms with van der Waals surface area (Å²) >= 11 is 1.51. The molecule has 0 saturated carbocycles. The van der Waals surface area contributed by atoms with Crippen molar-refractivity contribution >= 4 is 40.7 Å². The normalized spacial score (nSPS) is 16.6. The summed E-state index contributed by atoms with van der Waals surface area (Å²) in [4.78, 5) is 65.7. The molecular weight excluding hydrogens is 851 g/mol. The van der Waals surface area contributed by atoms with Crippen LogP contribution in [0.15, 0.2) is 66.2 Å². The Bertz CT molecular complexity index is 1810. The molecule has 1 saturated heterocycles. The van der Waals surface area contributed by atoms with E-state index in [4.69, 9.17) is 9.47 Å². The molecule has 1 fully saturated rings. The number of hydrogen-bond acceptors (Lipinski definition) is 10. The minimum absolute atomic E-state index is 0.00870. The summed E-state index contributed by atoms with van der Waals surface area (Å²) in [7, 11) is 8.73. The summed E-state index contributed by atoms with van der Waals surface area (Å²) in [5.74, 6) is -1.28. The van der Waals surface area contributed by atoms with Gasteiger partial charge in [-0.15, -0.1) is 11.3 Å². The van der Waals surface area contributed by atoms with E-state index in [1.165, 1.54) is 23.3 Å². The van der Waals surface area contributed by atoms with Crippen molar-refractivity contribution in [3.63, 3.8) is 0 Å². The highest BCUT2D eigenvalue weighted by molar-refractivity contribution is 7.09. The predicted molar refractivity (Wildman–Crippen MR) is 271 cm³/mol. The number of methoxy groups -OCH3 is 2. The third kappa shape index (κ3) is 17.4. The Morgan fingerprint density at radius 2 is 1.56 bits per heavy atom. The van der Waals surface area contributed by atoms with Crippen molar-refractivity contribution in [1.82, 2.24) is 30.3 Å². The van der Waals surface area contributed by atoms with Gasteiger partial charge in [0, 0.05) is 58.7 Å². The number of benzene rings is 2. The molecule has 3 N–H and O–H groups in total. The second kappa shape index (κ2) is 30.8. The van der Waals surface area contributed by atoms with Crippen LogP contribution in [0.2, 0.25) is 0 Å². The maximum Gasteiger partial charge on any atom is 0.242 e. The smallest absolute Gasteiger partial charge is 0.242 e. The third-order valence-electron chi connectivity index (χ3n) is 12.4. The zero-order valence-corrected chi connectivity index (χ0v) is 43.6. The minimum Gasteiger partial charge on any atom is -0.388 e. The van der Waals surface area contributed by atoms with Crippen LogP contribution in [0.25, 0.3) is 0 Å². The molecule has 0 spiro atoms. The lowest BCUT2D eigenvalue weighted by atomic mass is 9.90. The highest BCUT2D eigenvalue weighted by Gasteiger charge is 2.42. The fourth-order valence-electron chi connectivity index (χ4n) is 8.77. The third-order valence-corrected chi connectivity index (χ3v) is 13.3. The van der Waals surface area contributed by atoms with E-state index in [1.807, 2.05) is 106 Å². The number of thiazole rings is 1. The van der Waals surface area contributed by atoms with E-state index < -0.39 is 30.2 Å². The maximum atomic E-state index is 14.3. The second-order valence-electron chi connectivity index (χ2n) is 17.6. The zero-order valence-electron chi connectivity index (χ0n) is 42.8. The number of nitrogens with one attached hydrogen (secondary N) is 3. The van der Waals surface area contributed by atoms with Crippen LogP contribution in [0.1, 0.15) is 117 Å². The molecular formula is C52H85N7O6S. The summed E-state index contributed by atoms with van der Waals surface area (Å²) in [5, 5.41) is 12.0. The van der Waals surface area contributed by atoms with Crippen molar-refractivity contribution in [3.8, 4) is 0 Å². The first-order chi connectivity index (χ1) is 31.6. The van der Waals surface area contributed by atoms with Gasteiger partial charge in [-0.2, -0.15) is 0 Å². The number of aromatic nitrogens is 1. The van der Waals surface area contributed by atoms with E-state index in [0.29, 0.717) is 25.9 Å². The number of ether oxygens (including phenoxy) is 2. The molecule has 4 amide bonds. The minimum atomic E-state index is -0.608. The number of amides is 4. The van der Waals surface area contributed by atoms with Crippen LogP contribution < -0.4 is 16.0 Å². The standard InChI is InChI=1S/C47H71N7O6S.C3H8.C2H6/c1-11-32(4)43(53(8)41(56)30-50-46(58)42(31(2)3)52(7)26-23-34-19-21-36(48-6)22-20-34)39(59-9)29-40(55)54-25-15-18-38(54)44(60-10)33(5)45(57)51-37(47-49-24-27-61-47)28-35-16-13-12-14-17-35;1-3-2;1-2/h12-14,16-17,19-22,24,27,31-33,37-39,42-44,48H,11,15,18,23,25-26,28-30H2,1-10H3,(H,50,58)(H,51,57);3H2,1-2H3;1-2H3. The molecule has 8 atom stereocenters. The van der Waals surface area contributed by atoms with Crippen LogP contribution in [0.3, 0.4) is 0 Å². The molecule has 0 bridgehead atoms. The molecule has 1 aliphatic heterocycles. The molecule has 2 aromatic carbocycles. The lowest BCUT2D eigenvalue weighted by Gasteiger charge is -2.39. The van der Waals surface area contributed by atoms with Crippen molar-refractivity contribution in [2.75, 3.05) is 60.3 Å². The lowest BCUT2D eigenvalue weighted by Crippen LogP contribution is -2.55. The van der Waals surface area contributed by atoms with Crippen LogP contribution in [-0.2, 0) is 41.5 Å². The number of hydrogen-bond donors (Lipinski definition) is 3. The van der Waals surface area contributed by atoms with E-state index in [2.05, 4.69) is 60.8 Å². The molecule has 14 heteroatoms. The number of anilines is 1. The first-order valence-corrected chi connectivity index (χ1v) is 25.1. The molecule has 8 unspecified atom stereocenters. The van der Waals surface area contributed by atoms with Crippen molar-refractivity contribution in [3.05, 3.63) is 82.3 Å². The Balaban J connectivity index is 0.00000287. The summed E-state index contributed by atoms with van der Waals surface area (Å²) < 4.78 is 12.1. The largest absolute Gasteiger partial charge is 0.388 e. The number of rotatable bonds is 24. The van der Waals surface area contributed by atoms with Crippen LogP contribution in [-0.4, -0.2) is 129 Å². The van der Waals surface area contributed by atoms with E-state index >= 15 is 0 Å². The van der Waals surface area contributed by atoms with Crippen LogP contribution in [0.5, 0.6) is 0 Å². The molecule has 2 heterocycles. The van der Waals surface area contributed by atoms with Gasteiger partial charge in [0.1, 0.15) is 5.01 Å². The number of carbonyl (C=O) groups excluding carboxylic acids is 4. The Labute approximate surface area is 402 Å². The van der Waals surface area contributed by atoms with Crippen LogP contribution in [0, 0.1) is 17.8 Å². The van der Waals surface area contributed by atoms with Gasteiger partial charge in [-0.05, 0) is 67.8 Å². The van der Waals surface area contributed by atoms with E-state index in [1.54, 1.807) is 32.4 Å². The van der Waals surface area contributed by atoms with Crippen molar-refractivity contribution in [1.29, 1.82) is 0 Å². The van der Waals surface area contributed by atoms with Gasteiger partial charge in [0.15, 0.2) is 0 Å². The fourth-order valence-corrected chi connectivity index (χ4v) is 9.46. The first-order valence-electron chi connectivity index (χ1n) is 24.2. The average molecular weight is 936 g/mol. The molecule has 13 nitrogen and oxygen atoms in total. The van der Waals surface area contributed by atoms with E-state index in [-0.39, 0.29) is 60.5 Å². The van der Waals surface area contributed by atoms with Crippen LogP contribution in [0.4, 0.5) is 5.69 Å². The SMILES string of the molecule is CC.CCC.CCC(C)C(C(CC(=O)N1CCCC1C(OC)C(C)C(=O)NC(Cc1ccccc1)c1nccs1)OC)N(C)C(=O)CNC(=O)C(C(C)C)N(C)CCc1ccc(NC)cc1. The first kappa shape index (κ1) is 57.8. The topological polar surface area (TPSA) is 145 Å². The molecule has 1 aliphatic rings. The number of nitrogens with zero attached hydrogens (tertiary/aromatic N) is 4. The Morgan fingerprint density at radius 1 is 0.909 bits per heavy atom. The van der Waals surface area contributed by atoms with Crippen molar-refractivity contribution in [2.45, 2.75) is 144 Å². The summed E-state index contributed by atoms with van der Waals surface area (Å²) in [6, 6.07) is 16.8. The molecule has 1 aromatic heterocycles. The average Bonchev–Trinajstić information content (AvgIpc) is 4.05. The molecule has 370 valence electrons. The molecule has 0 radical (unpaired) electrons. The van der Waals surface area contributed by atoms with Gasteiger partial charge in [-0.3, -0.25) is 24.1 Å². The maximum absolute atomic E-state index is 14.3. The second-order valence-corrected chi connectivity index (χ2v) is 18.5. The zero-order chi connectivity index (χ0) is 49.3. The van der Waals surface area contributed by atoms with Gasteiger partial charge < -0.3 is 35.2 Å². The van der Waals surface area contributed by atoms with Gasteiger partial charge in [-0.1, -0.05) is 118 Å². The van der Waals surface area contributed by atoms with Crippen molar-refractivity contribution in [2.24, 2.45) is 17.8 Å². The summed E-state index contributed by atoms with van der Waals surface area (Å²) in [6.45, 7) is 19.3. The monoisotopic (exact) mass is 936 g/mol. The van der Waals surface area contributed by atoms with E-state index in [9.17, 15) is 19.2 Å². The van der Waals surface area contributed by atoms with Gasteiger partial charge in [0.25, 0.3) is 0 Å². The summed E-state index contributed by atoms with van der Waals surface area (Å²) in [5.41, 5.74) is 3.32. The summed E-state index contributed by atoms with van der Waals surface area (Å²) in [6.07, 6.45) is 5.50. The lowest BCUT2D eigenvalue weighted by molar-refractivity contribution is -0.146. The molecule has 4 rings (SSSR count). The molecule has 3 aromatic rings. The van der Waals surface area contributed by atoms with E-state index in [0.717, 1.165) is 35.5 Å². The van der Waals surface area contributed by atoms with Gasteiger partial charge in [0.2, 0.25) is 23.6 Å². The van der Waals surface area contributed by atoms with Crippen LogP contribution >= 0.6 is 11.3 Å². The molecule has 0 aliphatic carbocycles. The predicted octanol–water partition coefficient (Wildman–Crippen LogP) is 8.26. The Morgan fingerprint density at radius 3 is 2.11 bits per heavy atom. The highest BCUT2D eigenvalue weighted by Crippen LogP contribution is 2.30. The fraction of sp³-hybridized carbons (Fsp3) is 0.635. The number of likely N-dealkylation sites (tertiary alicyclic amines) is 1. The van der Waals surface area contributed by atoms with Gasteiger partial charge in [-0.25, -0.2) is 4.98 Å². The molecule has 66 heavy (non-hydrogen) atoms. The van der Waals surface area contributed by atoms with Crippen molar-refractivity contribution < 1.29 is 28.7 Å². The van der Waals surface area contributed by atoms with Gasteiger partial charge in [0.05, 0.1) is 55.3 Å². The quantitative estimate of drug-likeness (QED) is 0.0809. The number of likely N-dealkylation sites (N-methyl/N-ethyl adjacent to an activating group) is 2. The number of carbonyl (C=O) groups is 4.